The van der Waals surface area contributed by atoms with Crippen molar-refractivity contribution in [2.24, 2.45) is 5.92 Å². The lowest BCUT2D eigenvalue weighted by molar-refractivity contribution is -0.137. The maximum Gasteiger partial charge on any atom is 0.311 e. The summed E-state index contributed by atoms with van der Waals surface area (Å²) < 4.78 is 10.9. The maximum atomic E-state index is 12.1. The molecule has 0 bridgehead atoms. The minimum absolute atomic E-state index is 0.268. The van der Waals surface area contributed by atoms with E-state index in [-0.39, 0.29) is 11.9 Å². The Labute approximate surface area is 177 Å². The molecule has 0 unspecified atom stereocenters. The molecule has 0 radical (unpaired) electrons. The van der Waals surface area contributed by atoms with Crippen molar-refractivity contribution in [1.82, 2.24) is 0 Å². The molecule has 0 aliphatic carbocycles. The lowest BCUT2D eigenvalue weighted by atomic mass is 10.0. The van der Waals surface area contributed by atoms with E-state index in [0.29, 0.717) is 24.3 Å². The smallest absolute Gasteiger partial charge is 0.311 e. The molecule has 0 amide bonds. The second kappa shape index (κ2) is 16.0. The summed E-state index contributed by atoms with van der Waals surface area (Å²) in [5.41, 5.74) is 0. The Kier molecular flexibility index (Phi) is 13.9. The predicted molar refractivity (Wildman–Crippen MR) is 118 cm³/mol. The molecule has 0 saturated heterocycles. The molecule has 4 heteroatoms. The molecule has 4 nitrogen and oxygen atoms in total. The van der Waals surface area contributed by atoms with Crippen LogP contribution in [-0.4, -0.2) is 11.9 Å². The van der Waals surface area contributed by atoms with E-state index < -0.39 is 0 Å². The van der Waals surface area contributed by atoms with E-state index in [2.05, 4.69) is 20.8 Å². The van der Waals surface area contributed by atoms with E-state index >= 15 is 0 Å². The van der Waals surface area contributed by atoms with Crippen LogP contribution in [0.5, 0.6) is 11.5 Å². The molecule has 0 N–H and O–H groups in total. The molecule has 0 spiro atoms. The Bertz CT molecular complexity index is 580. The van der Waals surface area contributed by atoms with Gasteiger partial charge in [0, 0.05) is 12.8 Å². The average molecular weight is 405 g/mol. The van der Waals surface area contributed by atoms with E-state index in [1.165, 1.54) is 32.1 Å². The van der Waals surface area contributed by atoms with Gasteiger partial charge in [-0.1, -0.05) is 90.7 Å². The van der Waals surface area contributed by atoms with E-state index in [0.717, 1.165) is 44.4 Å². The SMILES string of the molecule is CCCCCCCC(=O)Oc1ccccc1OC(=O)CCCCCCCC(C)C. The molecular formula is C25H40O4. The van der Waals surface area contributed by atoms with Crippen molar-refractivity contribution < 1.29 is 19.1 Å². The van der Waals surface area contributed by atoms with Crippen molar-refractivity contribution >= 4 is 11.9 Å². The Morgan fingerprint density at radius 1 is 0.724 bits per heavy atom. The fourth-order valence-electron chi connectivity index (χ4n) is 3.19. The van der Waals surface area contributed by atoms with Crippen LogP contribution in [-0.2, 0) is 9.59 Å². The highest BCUT2D eigenvalue weighted by Gasteiger charge is 2.13. The van der Waals surface area contributed by atoms with Crippen molar-refractivity contribution in [3.05, 3.63) is 24.3 Å². The van der Waals surface area contributed by atoms with Gasteiger partial charge in [0.25, 0.3) is 0 Å². The zero-order valence-corrected chi connectivity index (χ0v) is 18.7. The van der Waals surface area contributed by atoms with Gasteiger partial charge in [-0.25, -0.2) is 0 Å². The third-order valence-corrected chi connectivity index (χ3v) is 4.94. The van der Waals surface area contributed by atoms with Gasteiger partial charge in [-0.3, -0.25) is 9.59 Å². The number of rotatable bonds is 16. The molecule has 0 aliphatic heterocycles. The van der Waals surface area contributed by atoms with Crippen LogP contribution in [0.25, 0.3) is 0 Å². The number of benzene rings is 1. The van der Waals surface area contributed by atoms with Gasteiger partial charge in [0.1, 0.15) is 0 Å². The monoisotopic (exact) mass is 404 g/mol. The quantitative estimate of drug-likeness (QED) is 0.165. The molecular weight excluding hydrogens is 364 g/mol. The second-order valence-corrected chi connectivity index (χ2v) is 8.26. The van der Waals surface area contributed by atoms with Gasteiger partial charge >= 0.3 is 11.9 Å². The normalized spacial score (nSPS) is 10.9. The van der Waals surface area contributed by atoms with E-state index in [1.807, 2.05) is 0 Å². The van der Waals surface area contributed by atoms with E-state index in [1.54, 1.807) is 24.3 Å². The van der Waals surface area contributed by atoms with Crippen LogP contribution in [0.1, 0.15) is 104 Å². The number of unbranched alkanes of at least 4 members (excludes halogenated alkanes) is 8. The Balaban J connectivity index is 2.30. The molecule has 0 aliphatic rings. The van der Waals surface area contributed by atoms with Crippen LogP contribution in [0.4, 0.5) is 0 Å². The summed E-state index contributed by atoms with van der Waals surface area (Å²) in [5.74, 6) is 0.878. The fraction of sp³-hybridized carbons (Fsp3) is 0.680. The molecule has 1 aromatic carbocycles. The number of esters is 2. The molecule has 0 fully saturated rings. The second-order valence-electron chi connectivity index (χ2n) is 8.26. The molecule has 1 aromatic rings. The zero-order valence-electron chi connectivity index (χ0n) is 18.7. The summed E-state index contributed by atoms with van der Waals surface area (Å²) in [6, 6.07) is 6.90. The molecule has 0 atom stereocenters. The first-order chi connectivity index (χ1) is 14.0. The van der Waals surface area contributed by atoms with Gasteiger partial charge in [0.2, 0.25) is 0 Å². The number of ether oxygens (including phenoxy) is 2. The minimum Gasteiger partial charge on any atom is -0.423 e. The van der Waals surface area contributed by atoms with Gasteiger partial charge in [0.05, 0.1) is 0 Å². The van der Waals surface area contributed by atoms with Gasteiger partial charge < -0.3 is 9.47 Å². The zero-order chi connectivity index (χ0) is 21.3. The predicted octanol–water partition coefficient (Wildman–Crippen LogP) is 7.24. The topological polar surface area (TPSA) is 52.6 Å². The first-order valence-electron chi connectivity index (χ1n) is 11.5. The van der Waals surface area contributed by atoms with Crippen molar-refractivity contribution in [1.29, 1.82) is 0 Å². The highest BCUT2D eigenvalue weighted by atomic mass is 16.6. The third kappa shape index (κ3) is 13.1. The average Bonchev–Trinajstić information content (AvgIpc) is 2.68. The van der Waals surface area contributed by atoms with Crippen LogP contribution < -0.4 is 9.47 Å². The molecule has 0 heterocycles. The van der Waals surface area contributed by atoms with Gasteiger partial charge in [-0.15, -0.1) is 0 Å². The molecule has 29 heavy (non-hydrogen) atoms. The summed E-state index contributed by atoms with van der Waals surface area (Å²) in [6.45, 7) is 6.66. The number of carbonyl (C=O) groups excluding carboxylic acids is 2. The Morgan fingerprint density at radius 2 is 1.17 bits per heavy atom. The van der Waals surface area contributed by atoms with Crippen LogP contribution in [0.15, 0.2) is 24.3 Å². The first-order valence-corrected chi connectivity index (χ1v) is 11.5. The minimum atomic E-state index is -0.272. The summed E-state index contributed by atoms with van der Waals surface area (Å²) in [4.78, 5) is 24.2. The summed E-state index contributed by atoms with van der Waals surface area (Å²) >= 11 is 0. The lowest BCUT2D eigenvalue weighted by Gasteiger charge is -2.10. The van der Waals surface area contributed by atoms with Gasteiger partial charge in [0.15, 0.2) is 11.5 Å². The van der Waals surface area contributed by atoms with E-state index in [9.17, 15) is 9.59 Å². The van der Waals surface area contributed by atoms with Crippen molar-refractivity contribution in [2.75, 3.05) is 0 Å². The van der Waals surface area contributed by atoms with Crippen LogP contribution in [0.2, 0.25) is 0 Å². The van der Waals surface area contributed by atoms with E-state index in [4.69, 9.17) is 9.47 Å². The van der Waals surface area contributed by atoms with Gasteiger partial charge in [-0.05, 0) is 30.9 Å². The number of para-hydroxylation sites is 2. The van der Waals surface area contributed by atoms with Gasteiger partial charge in [-0.2, -0.15) is 0 Å². The standard InChI is InChI=1S/C25H40O4/c1-4-5-6-8-12-19-24(26)28-22-17-14-15-18-23(22)29-25(27)20-13-10-7-9-11-16-21(2)3/h14-15,17-18,21H,4-13,16,19-20H2,1-3H3. The molecule has 0 saturated carbocycles. The maximum absolute atomic E-state index is 12.1. The number of carbonyl (C=O) groups is 2. The van der Waals surface area contributed by atoms with Crippen LogP contribution >= 0.6 is 0 Å². The third-order valence-electron chi connectivity index (χ3n) is 4.94. The van der Waals surface area contributed by atoms with Crippen LogP contribution in [0, 0.1) is 5.92 Å². The highest BCUT2D eigenvalue weighted by Crippen LogP contribution is 2.27. The number of hydrogen-bond donors (Lipinski definition) is 0. The Morgan fingerprint density at radius 3 is 1.66 bits per heavy atom. The summed E-state index contributed by atoms with van der Waals surface area (Å²) in [7, 11) is 0. The number of hydrogen-bond acceptors (Lipinski definition) is 4. The molecule has 164 valence electrons. The molecule has 1 rings (SSSR count). The summed E-state index contributed by atoms with van der Waals surface area (Å²) in [6.07, 6.45) is 13.0. The highest BCUT2D eigenvalue weighted by molar-refractivity contribution is 5.76. The van der Waals surface area contributed by atoms with Crippen molar-refractivity contribution in [3.63, 3.8) is 0 Å². The van der Waals surface area contributed by atoms with Crippen LogP contribution in [0.3, 0.4) is 0 Å². The molecule has 0 aromatic heterocycles. The van der Waals surface area contributed by atoms with Crippen molar-refractivity contribution in [2.45, 2.75) is 104 Å². The van der Waals surface area contributed by atoms with Crippen molar-refractivity contribution in [3.8, 4) is 11.5 Å². The Hall–Kier alpha value is -1.84. The fourth-order valence-corrected chi connectivity index (χ4v) is 3.19. The summed E-state index contributed by atoms with van der Waals surface area (Å²) in [5, 5.41) is 0. The first kappa shape index (κ1) is 25.2. The lowest BCUT2D eigenvalue weighted by Crippen LogP contribution is -2.12. The largest absolute Gasteiger partial charge is 0.423 e.